The zero-order chi connectivity index (χ0) is 13.0. The van der Waals surface area contributed by atoms with Crippen LogP contribution < -0.4 is 5.73 Å². The van der Waals surface area contributed by atoms with Crippen LogP contribution in [0.4, 0.5) is 5.82 Å². The Balaban J connectivity index is 2.25. The molecule has 0 saturated heterocycles. The van der Waals surface area contributed by atoms with E-state index in [1.54, 1.807) is 0 Å². The van der Waals surface area contributed by atoms with E-state index in [-0.39, 0.29) is 0 Å². The summed E-state index contributed by atoms with van der Waals surface area (Å²) in [6.07, 6.45) is 6.00. The van der Waals surface area contributed by atoms with Gasteiger partial charge in [0.15, 0.2) is 0 Å². The summed E-state index contributed by atoms with van der Waals surface area (Å²) in [4.78, 5) is 12.8. The quantitative estimate of drug-likeness (QED) is 0.892. The monoisotopic (exact) mass is 242 g/mol. The molecule has 2 rings (SSSR count). The summed E-state index contributed by atoms with van der Waals surface area (Å²) >= 11 is 0. The fourth-order valence-electron chi connectivity index (χ4n) is 1.94. The minimum atomic E-state index is 0.577. The smallest absolute Gasteiger partial charge is 0.130 e. The highest BCUT2D eigenvalue weighted by Crippen LogP contribution is 2.16. The normalized spacial score (nSPS) is 10.6. The molecule has 4 heteroatoms. The first-order valence-corrected chi connectivity index (χ1v) is 6.26. The minimum Gasteiger partial charge on any atom is -0.383 e. The maximum absolute atomic E-state index is 5.86. The third-order valence-corrected chi connectivity index (χ3v) is 3.06. The van der Waals surface area contributed by atoms with E-state index in [1.165, 1.54) is 11.9 Å². The fraction of sp³-hybridized carbons (Fsp3) is 0.357. The first kappa shape index (κ1) is 12.5. The second-order valence-corrected chi connectivity index (χ2v) is 4.23. The van der Waals surface area contributed by atoms with Gasteiger partial charge >= 0.3 is 0 Å². The van der Waals surface area contributed by atoms with Crippen LogP contribution in [0.5, 0.6) is 0 Å². The van der Waals surface area contributed by atoms with Crippen molar-refractivity contribution < 1.29 is 0 Å². The van der Waals surface area contributed by atoms with Gasteiger partial charge in [-0.2, -0.15) is 0 Å². The Morgan fingerprint density at radius 1 is 1.06 bits per heavy atom. The van der Waals surface area contributed by atoms with Crippen molar-refractivity contribution in [2.75, 3.05) is 5.73 Å². The Hall–Kier alpha value is -1.97. The lowest BCUT2D eigenvalue weighted by molar-refractivity contribution is 0.928. The Kier molecular flexibility index (Phi) is 3.87. The molecule has 0 aliphatic carbocycles. The van der Waals surface area contributed by atoms with Crippen LogP contribution in [0.15, 0.2) is 24.7 Å². The van der Waals surface area contributed by atoms with Gasteiger partial charge in [0.2, 0.25) is 0 Å². The molecule has 0 spiro atoms. The first-order chi connectivity index (χ1) is 8.74. The zero-order valence-electron chi connectivity index (χ0n) is 10.8. The summed E-state index contributed by atoms with van der Waals surface area (Å²) in [7, 11) is 0. The van der Waals surface area contributed by atoms with Gasteiger partial charge in [0.05, 0.1) is 5.69 Å². The van der Waals surface area contributed by atoms with Gasteiger partial charge in [-0.15, -0.1) is 0 Å². The van der Waals surface area contributed by atoms with Crippen LogP contribution in [-0.2, 0) is 19.3 Å². The largest absolute Gasteiger partial charge is 0.383 e. The molecular formula is C14H18N4. The number of aryl methyl sites for hydroxylation is 1. The van der Waals surface area contributed by atoms with E-state index < -0.39 is 0 Å². The summed E-state index contributed by atoms with van der Waals surface area (Å²) in [5, 5.41) is 0. The highest BCUT2D eigenvalue weighted by Gasteiger charge is 2.08. The molecule has 2 aromatic rings. The van der Waals surface area contributed by atoms with E-state index in [4.69, 9.17) is 5.73 Å². The molecule has 0 aliphatic rings. The van der Waals surface area contributed by atoms with Crippen LogP contribution in [0.3, 0.4) is 0 Å². The predicted molar refractivity (Wildman–Crippen MR) is 72.2 cm³/mol. The van der Waals surface area contributed by atoms with Crippen molar-refractivity contribution in [3.05, 3.63) is 47.2 Å². The molecule has 0 saturated carbocycles. The first-order valence-electron chi connectivity index (χ1n) is 6.26. The molecule has 2 heterocycles. The number of nitrogens with zero attached hydrogens (tertiary/aromatic N) is 3. The average Bonchev–Trinajstić information content (AvgIpc) is 2.40. The molecule has 18 heavy (non-hydrogen) atoms. The zero-order valence-corrected chi connectivity index (χ0v) is 10.8. The maximum Gasteiger partial charge on any atom is 0.130 e. The molecule has 2 N–H and O–H groups in total. The Morgan fingerprint density at radius 2 is 1.89 bits per heavy atom. The number of nitrogen functional groups attached to an aromatic ring is 1. The topological polar surface area (TPSA) is 64.7 Å². The van der Waals surface area contributed by atoms with Crippen LogP contribution in [0.25, 0.3) is 0 Å². The predicted octanol–water partition coefficient (Wildman–Crippen LogP) is 2.17. The van der Waals surface area contributed by atoms with Crippen molar-refractivity contribution in [3.63, 3.8) is 0 Å². The van der Waals surface area contributed by atoms with E-state index in [2.05, 4.69) is 40.9 Å². The molecule has 0 unspecified atom stereocenters. The van der Waals surface area contributed by atoms with Gasteiger partial charge in [0.1, 0.15) is 12.1 Å². The molecule has 0 aliphatic heterocycles. The molecule has 2 aromatic heterocycles. The highest BCUT2D eigenvalue weighted by molar-refractivity contribution is 5.42. The molecule has 0 atom stereocenters. The van der Waals surface area contributed by atoms with Gasteiger partial charge in [0, 0.05) is 23.9 Å². The van der Waals surface area contributed by atoms with Crippen molar-refractivity contribution in [1.82, 2.24) is 15.0 Å². The molecule has 4 nitrogen and oxygen atoms in total. The summed E-state index contributed by atoms with van der Waals surface area (Å²) < 4.78 is 0. The van der Waals surface area contributed by atoms with Crippen LogP contribution in [0.2, 0.25) is 0 Å². The van der Waals surface area contributed by atoms with Crippen LogP contribution >= 0.6 is 0 Å². The van der Waals surface area contributed by atoms with Crippen LogP contribution in [0.1, 0.15) is 36.4 Å². The lowest BCUT2D eigenvalue weighted by Gasteiger charge is -2.08. The third kappa shape index (κ3) is 2.64. The van der Waals surface area contributed by atoms with E-state index in [0.717, 1.165) is 29.8 Å². The van der Waals surface area contributed by atoms with Crippen molar-refractivity contribution in [2.45, 2.75) is 33.1 Å². The molecule has 94 valence electrons. The number of aromatic nitrogens is 3. The van der Waals surface area contributed by atoms with Gasteiger partial charge in [-0.3, -0.25) is 4.98 Å². The number of pyridine rings is 1. The molecule has 0 bridgehead atoms. The molecular weight excluding hydrogens is 224 g/mol. The van der Waals surface area contributed by atoms with Gasteiger partial charge in [-0.1, -0.05) is 19.9 Å². The second-order valence-electron chi connectivity index (χ2n) is 4.23. The van der Waals surface area contributed by atoms with Crippen molar-refractivity contribution in [2.24, 2.45) is 0 Å². The summed E-state index contributed by atoms with van der Waals surface area (Å²) in [6, 6.07) is 4.16. The Labute approximate surface area is 107 Å². The maximum atomic E-state index is 5.86. The van der Waals surface area contributed by atoms with Crippen molar-refractivity contribution >= 4 is 5.82 Å². The fourth-order valence-corrected chi connectivity index (χ4v) is 1.94. The number of nitrogens with two attached hydrogens (primary N) is 1. The highest BCUT2D eigenvalue weighted by atomic mass is 14.9. The number of hydrogen-bond donors (Lipinski definition) is 1. The van der Waals surface area contributed by atoms with E-state index in [0.29, 0.717) is 12.2 Å². The lowest BCUT2D eigenvalue weighted by atomic mass is 10.1. The van der Waals surface area contributed by atoms with Crippen molar-refractivity contribution in [1.29, 1.82) is 0 Å². The van der Waals surface area contributed by atoms with Crippen LogP contribution in [-0.4, -0.2) is 15.0 Å². The van der Waals surface area contributed by atoms with Crippen LogP contribution in [0, 0.1) is 0 Å². The molecule has 0 aromatic carbocycles. The second kappa shape index (κ2) is 5.58. The summed E-state index contributed by atoms with van der Waals surface area (Å²) in [5.74, 6) is 0.577. The molecule has 0 amide bonds. The Morgan fingerprint density at radius 3 is 2.50 bits per heavy atom. The van der Waals surface area contributed by atoms with E-state index >= 15 is 0 Å². The Bertz CT molecular complexity index is 520. The third-order valence-electron chi connectivity index (χ3n) is 3.06. The number of hydrogen-bond acceptors (Lipinski definition) is 4. The standard InChI is InChI=1S/C14H18N4/c1-3-10-5-6-11(16-8-10)7-13-12(4-2)14(15)18-9-17-13/h5-6,8-9H,3-4,7H2,1-2H3,(H2,15,17,18). The molecule has 0 radical (unpaired) electrons. The van der Waals surface area contributed by atoms with Gasteiger partial charge < -0.3 is 5.73 Å². The van der Waals surface area contributed by atoms with Gasteiger partial charge in [-0.25, -0.2) is 9.97 Å². The summed E-state index contributed by atoms with van der Waals surface area (Å²) in [6.45, 7) is 4.18. The number of rotatable bonds is 4. The van der Waals surface area contributed by atoms with E-state index in [1.807, 2.05) is 6.20 Å². The SMILES string of the molecule is CCc1ccc(Cc2ncnc(N)c2CC)nc1. The molecule has 0 fully saturated rings. The average molecular weight is 242 g/mol. The van der Waals surface area contributed by atoms with Gasteiger partial charge in [-0.05, 0) is 24.5 Å². The minimum absolute atomic E-state index is 0.577. The van der Waals surface area contributed by atoms with Gasteiger partial charge in [0.25, 0.3) is 0 Å². The summed E-state index contributed by atoms with van der Waals surface area (Å²) in [5.41, 5.74) is 10.1. The number of anilines is 1. The van der Waals surface area contributed by atoms with E-state index in [9.17, 15) is 0 Å². The lowest BCUT2D eigenvalue weighted by Crippen LogP contribution is -2.05. The van der Waals surface area contributed by atoms with Crippen molar-refractivity contribution in [3.8, 4) is 0 Å².